The highest BCUT2D eigenvalue weighted by Gasteiger charge is 2.37. The van der Waals surface area contributed by atoms with Gasteiger partial charge in [0.1, 0.15) is 6.20 Å². The van der Waals surface area contributed by atoms with E-state index >= 15 is 0 Å². The molecule has 1 heterocycles. The molecule has 7 nitrogen and oxygen atoms in total. The van der Waals surface area contributed by atoms with Crippen LogP contribution in [0.1, 0.15) is 61.7 Å². The molecule has 1 aromatic carbocycles. The lowest BCUT2D eigenvalue weighted by atomic mass is 9.68. The normalized spacial score (nSPS) is 24.0. The molecule has 2 aliphatic carbocycles. The number of nitrogens with zero attached hydrogens (tertiary/aromatic N) is 2. The standard InChI is InChI=1S/C21H25ClN4O3/c22-17-7-6-15(26-20(29)25-18(27)12-24-26)10-16(17)19(28)23-13-21-8-2-1-4-14(11-21)5-3-9-21/h6-7,10,12,14H,1-5,8-9,11,13H2,(H,23,28)(H,25,27,29). The summed E-state index contributed by atoms with van der Waals surface area (Å²) < 4.78 is 1.03. The minimum atomic E-state index is -0.670. The van der Waals surface area contributed by atoms with Gasteiger partial charge in [-0.05, 0) is 48.8 Å². The molecule has 1 amide bonds. The number of fused-ring (bicyclic) bond motifs is 2. The number of hydrogen-bond donors (Lipinski definition) is 2. The van der Waals surface area contributed by atoms with Crippen LogP contribution in [0.3, 0.4) is 0 Å². The molecule has 2 saturated carbocycles. The SMILES string of the molecule is O=C(NCC12CCCCC(CCC1)C2)c1cc(-n2ncc(=O)[nH]c2=O)ccc1Cl. The highest BCUT2D eigenvalue weighted by Crippen LogP contribution is 2.47. The second-order valence-corrected chi connectivity index (χ2v) is 8.81. The molecule has 0 spiro atoms. The van der Waals surface area contributed by atoms with Crippen LogP contribution >= 0.6 is 11.6 Å². The van der Waals surface area contributed by atoms with E-state index in [1.165, 1.54) is 44.6 Å². The van der Waals surface area contributed by atoms with Gasteiger partial charge in [0, 0.05) is 6.54 Å². The first-order valence-electron chi connectivity index (χ1n) is 10.2. The third-order valence-corrected chi connectivity index (χ3v) is 6.72. The van der Waals surface area contributed by atoms with Gasteiger partial charge in [-0.15, -0.1) is 0 Å². The Hall–Kier alpha value is -2.41. The summed E-state index contributed by atoms with van der Waals surface area (Å²) in [5.74, 6) is 0.531. The van der Waals surface area contributed by atoms with Gasteiger partial charge in [0.05, 0.1) is 16.3 Å². The molecular weight excluding hydrogens is 392 g/mol. The molecule has 2 aromatic rings. The van der Waals surface area contributed by atoms with E-state index in [4.69, 9.17) is 11.6 Å². The van der Waals surface area contributed by atoms with Crippen LogP contribution in [0.4, 0.5) is 0 Å². The molecule has 2 N–H and O–H groups in total. The van der Waals surface area contributed by atoms with Gasteiger partial charge >= 0.3 is 5.69 Å². The second kappa shape index (κ2) is 8.14. The topological polar surface area (TPSA) is 96.8 Å². The highest BCUT2D eigenvalue weighted by molar-refractivity contribution is 6.33. The summed E-state index contributed by atoms with van der Waals surface area (Å²) in [4.78, 5) is 38.3. The Kier molecular flexibility index (Phi) is 5.58. The number of benzene rings is 1. The zero-order valence-corrected chi connectivity index (χ0v) is 17.0. The fraction of sp³-hybridized carbons (Fsp3) is 0.524. The van der Waals surface area contributed by atoms with Gasteiger partial charge in [0.25, 0.3) is 11.5 Å². The van der Waals surface area contributed by atoms with E-state index in [1.54, 1.807) is 12.1 Å². The minimum absolute atomic E-state index is 0.191. The molecule has 2 aliphatic rings. The van der Waals surface area contributed by atoms with Crippen molar-refractivity contribution in [1.29, 1.82) is 0 Å². The number of carbonyl (C=O) groups is 1. The molecule has 154 valence electrons. The van der Waals surface area contributed by atoms with Gasteiger partial charge in [-0.3, -0.25) is 14.6 Å². The van der Waals surface area contributed by atoms with Crippen molar-refractivity contribution in [1.82, 2.24) is 20.1 Å². The summed E-state index contributed by atoms with van der Waals surface area (Å²) in [7, 11) is 0. The lowest BCUT2D eigenvalue weighted by Gasteiger charge is -2.39. The number of H-pyrrole nitrogens is 1. The van der Waals surface area contributed by atoms with Crippen LogP contribution in [-0.2, 0) is 0 Å². The zero-order chi connectivity index (χ0) is 20.4. The summed E-state index contributed by atoms with van der Waals surface area (Å²) in [6.07, 6.45) is 10.9. The summed E-state index contributed by atoms with van der Waals surface area (Å²) in [6, 6.07) is 4.67. The second-order valence-electron chi connectivity index (χ2n) is 8.41. The maximum absolute atomic E-state index is 12.9. The molecule has 2 atom stereocenters. The van der Waals surface area contributed by atoms with Gasteiger partial charge in [0.15, 0.2) is 0 Å². The van der Waals surface area contributed by atoms with Crippen molar-refractivity contribution in [3.05, 3.63) is 55.8 Å². The predicted molar refractivity (Wildman–Crippen MR) is 111 cm³/mol. The van der Waals surface area contributed by atoms with Crippen LogP contribution in [-0.4, -0.2) is 27.2 Å². The van der Waals surface area contributed by atoms with Crippen LogP contribution in [0.25, 0.3) is 5.69 Å². The quantitative estimate of drug-likeness (QED) is 0.800. The Morgan fingerprint density at radius 3 is 2.86 bits per heavy atom. The fourth-order valence-corrected chi connectivity index (χ4v) is 5.16. The monoisotopic (exact) mass is 416 g/mol. The van der Waals surface area contributed by atoms with Crippen molar-refractivity contribution in [2.75, 3.05) is 6.54 Å². The fourth-order valence-electron chi connectivity index (χ4n) is 4.96. The van der Waals surface area contributed by atoms with Crippen molar-refractivity contribution in [3.8, 4) is 5.69 Å². The van der Waals surface area contributed by atoms with Crippen LogP contribution in [0, 0.1) is 11.3 Å². The van der Waals surface area contributed by atoms with Crippen LogP contribution in [0.2, 0.25) is 5.02 Å². The van der Waals surface area contributed by atoms with Gasteiger partial charge in [-0.25, -0.2) is 4.79 Å². The summed E-state index contributed by atoms with van der Waals surface area (Å²) in [6.45, 7) is 0.653. The van der Waals surface area contributed by atoms with Crippen molar-refractivity contribution < 1.29 is 4.79 Å². The average Bonchev–Trinajstić information content (AvgIpc) is 2.84. The number of rotatable bonds is 4. The van der Waals surface area contributed by atoms with Gasteiger partial charge in [0.2, 0.25) is 0 Å². The van der Waals surface area contributed by atoms with Crippen LogP contribution in [0.5, 0.6) is 0 Å². The number of halogens is 1. The lowest BCUT2D eigenvalue weighted by molar-refractivity contribution is 0.0877. The summed E-state index contributed by atoms with van der Waals surface area (Å²) in [5, 5.41) is 7.24. The lowest BCUT2D eigenvalue weighted by Crippen LogP contribution is -2.40. The number of hydrogen-bond acceptors (Lipinski definition) is 4. The van der Waals surface area contributed by atoms with Gasteiger partial charge in [-0.2, -0.15) is 9.78 Å². The third-order valence-electron chi connectivity index (χ3n) is 6.39. The van der Waals surface area contributed by atoms with Gasteiger partial charge in [-0.1, -0.05) is 43.7 Å². The molecule has 1 aromatic heterocycles. The predicted octanol–water partition coefficient (Wildman–Crippen LogP) is 3.05. The molecule has 0 radical (unpaired) electrons. The zero-order valence-electron chi connectivity index (χ0n) is 16.2. The molecule has 2 bridgehead atoms. The number of aromatic amines is 1. The number of carbonyl (C=O) groups excluding carboxylic acids is 1. The number of aromatic nitrogens is 3. The molecule has 8 heteroatoms. The van der Waals surface area contributed by atoms with Crippen molar-refractivity contribution in [2.45, 2.75) is 51.4 Å². The van der Waals surface area contributed by atoms with E-state index in [2.05, 4.69) is 15.4 Å². The Bertz CT molecular complexity index is 1030. The van der Waals surface area contributed by atoms with Crippen molar-refractivity contribution in [2.24, 2.45) is 11.3 Å². The van der Waals surface area contributed by atoms with E-state index in [0.717, 1.165) is 29.6 Å². The molecule has 2 unspecified atom stereocenters. The average molecular weight is 417 g/mol. The molecule has 2 fully saturated rings. The Balaban J connectivity index is 1.54. The summed E-state index contributed by atoms with van der Waals surface area (Å²) >= 11 is 6.27. The summed E-state index contributed by atoms with van der Waals surface area (Å²) in [5.41, 5.74) is -0.396. The van der Waals surface area contributed by atoms with E-state index in [0.29, 0.717) is 22.8 Å². The maximum Gasteiger partial charge on any atom is 0.349 e. The van der Waals surface area contributed by atoms with E-state index in [9.17, 15) is 14.4 Å². The smallest absolute Gasteiger partial charge is 0.349 e. The minimum Gasteiger partial charge on any atom is -0.351 e. The first-order chi connectivity index (χ1) is 14.0. The number of nitrogens with one attached hydrogen (secondary N) is 2. The van der Waals surface area contributed by atoms with Crippen LogP contribution in [0.15, 0.2) is 34.0 Å². The largest absolute Gasteiger partial charge is 0.351 e. The van der Waals surface area contributed by atoms with Crippen molar-refractivity contribution >= 4 is 17.5 Å². The first kappa shape index (κ1) is 19.9. The third kappa shape index (κ3) is 4.29. The van der Waals surface area contributed by atoms with E-state index < -0.39 is 11.2 Å². The number of amides is 1. The molecule has 0 aliphatic heterocycles. The first-order valence-corrected chi connectivity index (χ1v) is 10.6. The molecule has 29 heavy (non-hydrogen) atoms. The Labute approximate surface area is 173 Å². The Morgan fingerprint density at radius 2 is 2.03 bits per heavy atom. The molecule has 4 rings (SSSR count). The van der Waals surface area contributed by atoms with Crippen molar-refractivity contribution in [3.63, 3.8) is 0 Å². The van der Waals surface area contributed by atoms with E-state index in [1.807, 2.05) is 0 Å². The molecule has 0 saturated heterocycles. The maximum atomic E-state index is 12.9. The van der Waals surface area contributed by atoms with Crippen LogP contribution < -0.4 is 16.6 Å². The Morgan fingerprint density at radius 1 is 1.24 bits per heavy atom. The molecular formula is C21H25ClN4O3. The highest BCUT2D eigenvalue weighted by atomic mass is 35.5. The van der Waals surface area contributed by atoms with Gasteiger partial charge < -0.3 is 5.32 Å². The van der Waals surface area contributed by atoms with E-state index in [-0.39, 0.29) is 11.3 Å².